The van der Waals surface area contributed by atoms with Gasteiger partial charge in [0, 0.05) is 17.5 Å². The lowest BCUT2D eigenvalue weighted by Crippen LogP contribution is -2.03. The second-order valence-electron chi connectivity index (χ2n) is 4.90. The average Bonchev–Trinajstić information content (AvgIpc) is 3.09. The lowest BCUT2D eigenvalue weighted by atomic mass is 10.1. The summed E-state index contributed by atoms with van der Waals surface area (Å²) in [7, 11) is 1.58. The molecule has 0 aliphatic heterocycles. The standard InChI is InChI=1S/C16H16ClN5O.C2H6/c1-3-13(23-2)15-20-14-8-12(19-16(18)22(14)21-15)11-6-4-5-10(7-11)9-17;1-2/h3-8H,9H2,1-2H3,(H2,18,19);1-2H3/b13-3-;. The van der Waals surface area contributed by atoms with Crippen LogP contribution in [0.15, 0.2) is 36.4 Å². The van der Waals surface area contributed by atoms with E-state index in [0.29, 0.717) is 23.1 Å². The quantitative estimate of drug-likeness (QED) is 0.559. The molecule has 0 saturated heterocycles. The lowest BCUT2D eigenvalue weighted by molar-refractivity contribution is 0.365. The van der Waals surface area contributed by atoms with Gasteiger partial charge in [0.25, 0.3) is 0 Å². The Morgan fingerprint density at radius 2 is 2.04 bits per heavy atom. The molecular weight excluding hydrogens is 338 g/mol. The number of ether oxygens (including phenoxy) is 1. The number of nitrogens with zero attached hydrogens (tertiary/aromatic N) is 4. The van der Waals surface area contributed by atoms with Crippen LogP contribution < -0.4 is 5.73 Å². The van der Waals surface area contributed by atoms with Crippen molar-refractivity contribution in [2.24, 2.45) is 0 Å². The van der Waals surface area contributed by atoms with E-state index in [2.05, 4.69) is 15.1 Å². The topological polar surface area (TPSA) is 78.3 Å². The molecule has 25 heavy (non-hydrogen) atoms. The number of hydrogen-bond acceptors (Lipinski definition) is 5. The van der Waals surface area contributed by atoms with Crippen molar-refractivity contribution in [1.82, 2.24) is 19.6 Å². The third-order valence-corrected chi connectivity index (χ3v) is 3.74. The van der Waals surface area contributed by atoms with E-state index in [-0.39, 0.29) is 5.95 Å². The molecule has 0 amide bonds. The smallest absolute Gasteiger partial charge is 0.223 e. The number of fused-ring (bicyclic) bond motifs is 1. The average molecular weight is 360 g/mol. The maximum Gasteiger partial charge on any atom is 0.223 e. The first-order chi connectivity index (χ1) is 12.2. The summed E-state index contributed by atoms with van der Waals surface area (Å²) in [6, 6.07) is 9.67. The maximum atomic E-state index is 6.02. The first kappa shape index (κ1) is 18.7. The van der Waals surface area contributed by atoms with Crippen LogP contribution in [0, 0.1) is 0 Å². The van der Waals surface area contributed by atoms with E-state index in [1.165, 1.54) is 4.52 Å². The highest BCUT2D eigenvalue weighted by Crippen LogP contribution is 2.23. The highest BCUT2D eigenvalue weighted by atomic mass is 35.5. The lowest BCUT2D eigenvalue weighted by Gasteiger charge is -2.05. The zero-order chi connectivity index (χ0) is 18.4. The van der Waals surface area contributed by atoms with Gasteiger partial charge >= 0.3 is 0 Å². The Hall–Kier alpha value is -2.60. The minimum absolute atomic E-state index is 0.263. The second kappa shape index (κ2) is 8.48. The van der Waals surface area contributed by atoms with Crippen molar-refractivity contribution in [3.8, 4) is 11.3 Å². The predicted octanol–water partition coefficient (Wildman–Crippen LogP) is 4.15. The molecule has 1 aromatic carbocycles. The van der Waals surface area contributed by atoms with Gasteiger partial charge in [-0.15, -0.1) is 16.7 Å². The number of hydrogen-bond donors (Lipinski definition) is 1. The Balaban J connectivity index is 0.00000109. The van der Waals surface area contributed by atoms with Crippen LogP contribution in [-0.2, 0) is 10.6 Å². The number of rotatable bonds is 4. The zero-order valence-electron chi connectivity index (χ0n) is 14.8. The first-order valence-electron chi connectivity index (χ1n) is 8.05. The Morgan fingerprint density at radius 3 is 2.68 bits per heavy atom. The number of nitrogen functional groups attached to an aromatic ring is 1. The number of alkyl halides is 1. The van der Waals surface area contributed by atoms with Gasteiger partial charge in [-0.1, -0.05) is 32.0 Å². The summed E-state index contributed by atoms with van der Waals surface area (Å²) in [5.74, 6) is 1.76. The summed E-state index contributed by atoms with van der Waals surface area (Å²) in [6.45, 7) is 5.86. The van der Waals surface area contributed by atoms with E-state index >= 15 is 0 Å². The highest BCUT2D eigenvalue weighted by Gasteiger charge is 2.13. The summed E-state index contributed by atoms with van der Waals surface area (Å²) >= 11 is 5.89. The fourth-order valence-corrected chi connectivity index (χ4v) is 2.48. The fourth-order valence-electron chi connectivity index (χ4n) is 2.32. The van der Waals surface area contributed by atoms with Crippen molar-refractivity contribution < 1.29 is 4.74 Å². The van der Waals surface area contributed by atoms with Crippen LogP contribution in [0.3, 0.4) is 0 Å². The molecule has 0 aliphatic rings. The van der Waals surface area contributed by atoms with Crippen molar-refractivity contribution >= 4 is 29.0 Å². The van der Waals surface area contributed by atoms with E-state index < -0.39 is 0 Å². The molecule has 3 aromatic rings. The van der Waals surface area contributed by atoms with Crippen molar-refractivity contribution in [2.75, 3.05) is 12.8 Å². The van der Waals surface area contributed by atoms with Gasteiger partial charge in [-0.3, -0.25) is 0 Å². The normalized spacial score (nSPS) is 11.2. The largest absolute Gasteiger partial charge is 0.493 e. The van der Waals surface area contributed by atoms with E-state index in [0.717, 1.165) is 16.8 Å². The first-order valence-corrected chi connectivity index (χ1v) is 8.59. The monoisotopic (exact) mass is 359 g/mol. The highest BCUT2D eigenvalue weighted by molar-refractivity contribution is 6.17. The molecule has 0 spiro atoms. The van der Waals surface area contributed by atoms with Gasteiger partial charge in [0.1, 0.15) is 0 Å². The molecule has 7 heteroatoms. The zero-order valence-corrected chi connectivity index (χ0v) is 15.6. The summed E-state index contributed by atoms with van der Waals surface area (Å²) in [6.07, 6.45) is 1.79. The Bertz CT molecular complexity index is 888. The minimum atomic E-state index is 0.263. The minimum Gasteiger partial charge on any atom is -0.493 e. The van der Waals surface area contributed by atoms with Crippen LogP contribution >= 0.6 is 11.6 Å². The number of allylic oxidation sites excluding steroid dienone is 1. The number of methoxy groups -OCH3 is 1. The molecule has 6 nitrogen and oxygen atoms in total. The van der Waals surface area contributed by atoms with Crippen LogP contribution in [0.1, 0.15) is 32.2 Å². The van der Waals surface area contributed by atoms with Gasteiger partial charge in [-0.2, -0.15) is 4.52 Å². The van der Waals surface area contributed by atoms with Crippen LogP contribution in [0.2, 0.25) is 0 Å². The van der Waals surface area contributed by atoms with Crippen molar-refractivity contribution in [3.63, 3.8) is 0 Å². The third-order valence-electron chi connectivity index (χ3n) is 3.43. The number of anilines is 1. The fraction of sp³-hybridized carbons (Fsp3) is 0.278. The van der Waals surface area contributed by atoms with E-state index in [4.69, 9.17) is 22.1 Å². The summed E-state index contributed by atoms with van der Waals surface area (Å²) in [5.41, 5.74) is 9.30. The third kappa shape index (κ3) is 3.91. The van der Waals surface area contributed by atoms with Crippen LogP contribution in [0.5, 0.6) is 0 Å². The van der Waals surface area contributed by atoms with Crippen LogP contribution in [0.4, 0.5) is 5.95 Å². The molecular formula is C18H22ClN5O. The molecule has 0 unspecified atom stereocenters. The van der Waals surface area contributed by atoms with Gasteiger partial charge in [0.05, 0.1) is 12.8 Å². The molecule has 0 atom stereocenters. The van der Waals surface area contributed by atoms with Crippen LogP contribution in [-0.4, -0.2) is 26.7 Å². The van der Waals surface area contributed by atoms with Crippen molar-refractivity contribution in [1.29, 1.82) is 0 Å². The van der Waals surface area contributed by atoms with Gasteiger partial charge in [0.2, 0.25) is 11.8 Å². The molecule has 2 N–H and O–H groups in total. The second-order valence-corrected chi connectivity index (χ2v) is 5.16. The van der Waals surface area contributed by atoms with E-state index in [1.807, 2.05) is 51.1 Å². The molecule has 0 radical (unpaired) electrons. The molecule has 132 valence electrons. The molecule has 2 heterocycles. The SMILES string of the molecule is C/C=C(\OC)c1nc2cc(-c3cccc(CCl)c3)nc(N)n2n1.CC. The number of halogens is 1. The number of aromatic nitrogens is 4. The van der Waals surface area contributed by atoms with Crippen molar-refractivity contribution in [3.05, 3.63) is 47.8 Å². The number of benzene rings is 1. The molecule has 0 aliphatic carbocycles. The summed E-state index contributed by atoms with van der Waals surface area (Å²) in [4.78, 5) is 8.86. The van der Waals surface area contributed by atoms with Gasteiger partial charge in [-0.05, 0) is 24.6 Å². The predicted molar refractivity (Wildman–Crippen MR) is 102 cm³/mol. The van der Waals surface area contributed by atoms with Gasteiger partial charge < -0.3 is 10.5 Å². The molecule has 0 fully saturated rings. The Kier molecular flexibility index (Phi) is 6.36. The Labute approximate surface area is 152 Å². The molecule has 2 aromatic heterocycles. The molecule has 0 saturated carbocycles. The van der Waals surface area contributed by atoms with E-state index in [9.17, 15) is 0 Å². The number of nitrogens with two attached hydrogens (primary N) is 1. The summed E-state index contributed by atoms with van der Waals surface area (Å²) < 4.78 is 6.74. The maximum absolute atomic E-state index is 6.02. The summed E-state index contributed by atoms with van der Waals surface area (Å²) in [5, 5.41) is 4.33. The molecule has 3 rings (SSSR count). The van der Waals surface area contributed by atoms with Gasteiger partial charge in [-0.25, -0.2) is 9.97 Å². The van der Waals surface area contributed by atoms with E-state index in [1.54, 1.807) is 13.2 Å². The Morgan fingerprint density at radius 1 is 1.28 bits per heavy atom. The van der Waals surface area contributed by atoms with Gasteiger partial charge in [0.15, 0.2) is 11.4 Å². The van der Waals surface area contributed by atoms with Crippen LogP contribution in [0.25, 0.3) is 22.7 Å². The van der Waals surface area contributed by atoms with Crippen molar-refractivity contribution in [2.45, 2.75) is 26.7 Å². The molecule has 0 bridgehead atoms.